The van der Waals surface area contributed by atoms with E-state index in [1.54, 1.807) is 27.4 Å². The van der Waals surface area contributed by atoms with Gasteiger partial charge in [-0.05, 0) is 48.9 Å². The molecule has 0 aliphatic carbocycles. The smallest absolute Gasteiger partial charge is 0.203 e. The highest BCUT2D eigenvalue weighted by atomic mass is 35.5. The molecule has 1 unspecified atom stereocenters. The first-order valence-electron chi connectivity index (χ1n) is 9.06. The van der Waals surface area contributed by atoms with Gasteiger partial charge in [-0.15, -0.1) is 6.58 Å². The van der Waals surface area contributed by atoms with E-state index in [0.717, 1.165) is 11.1 Å². The van der Waals surface area contributed by atoms with Gasteiger partial charge in [-0.1, -0.05) is 35.3 Å². The van der Waals surface area contributed by atoms with Crippen molar-refractivity contribution >= 4 is 23.2 Å². The Morgan fingerprint density at radius 3 is 2.14 bits per heavy atom. The van der Waals surface area contributed by atoms with Crippen LogP contribution in [-0.4, -0.2) is 35.0 Å². The minimum Gasteiger partial charge on any atom is -0.493 e. The molecule has 0 spiro atoms. The Labute approximate surface area is 182 Å². The van der Waals surface area contributed by atoms with Crippen molar-refractivity contribution in [1.29, 1.82) is 0 Å². The van der Waals surface area contributed by atoms with Crippen molar-refractivity contribution in [2.75, 3.05) is 35.0 Å². The predicted molar refractivity (Wildman–Crippen MR) is 118 cm³/mol. The molecule has 0 heterocycles. The Kier molecular flexibility index (Phi) is 8.65. The molecule has 0 saturated heterocycles. The lowest BCUT2D eigenvalue weighted by atomic mass is 9.87. The Hall–Kier alpha value is -1.92. The second-order valence-electron chi connectivity index (χ2n) is 6.48. The van der Waals surface area contributed by atoms with Crippen LogP contribution in [0.2, 0.25) is 10.0 Å². The highest BCUT2D eigenvalue weighted by molar-refractivity contribution is 6.42. The molecule has 7 heteroatoms. The second kappa shape index (κ2) is 10.7. The third kappa shape index (κ3) is 5.37. The summed E-state index contributed by atoms with van der Waals surface area (Å²) in [6, 6.07) is 9.32. The average Bonchev–Trinajstić information content (AvgIpc) is 2.74. The second-order valence-corrected chi connectivity index (χ2v) is 7.29. The van der Waals surface area contributed by atoms with Gasteiger partial charge in [0.2, 0.25) is 5.75 Å². The maximum absolute atomic E-state index is 6.24. The van der Waals surface area contributed by atoms with E-state index >= 15 is 0 Å². The molecule has 0 aromatic heterocycles. The van der Waals surface area contributed by atoms with Gasteiger partial charge in [-0.25, -0.2) is 0 Å². The number of hydrogen-bond acceptors (Lipinski definition) is 5. The van der Waals surface area contributed by atoms with Gasteiger partial charge in [0.15, 0.2) is 11.5 Å². The molecular formula is C22H27Cl2NO4. The number of rotatable bonds is 11. The molecule has 2 rings (SSSR count). The fourth-order valence-corrected chi connectivity index (χ4v) is 3.48. The maximum Gasteiger partial charge on any atom is 0.203 e. The van der Waals surface area contributed by atoms with Crippen molar-refractivity contribution in [3.63, 3.8) is 0 Å². The molecule has 0 aliphatic heterocycles. The lowest BCUT2D eigenvalue weighted by Crippen LogP contribution is -2.44. The van der Waals surface area contributed by atoms with Crippen LogP contribution in [0.4, 0.5) is 0 Å². The fourth-order valence-electron chi connectivity index (χ4n) is 3.18. The van der Waals surface area contributed by atoms with Gasteiger partial charge in [0.1, 0.15) is 0 Å². The minimum absolute atomic E-state index is 0.360. The van der Waals surface area contributed by atoms with E-state index in [4.69, 9.17) is 42.1 Å². The van der Waals surface area contributed by atoms with Crippen LogP contribution in [0.5, 0.6) is 17.2 Å². The summed E-state index contributed by atoms with van der Waals surface area (Å²) in [4.78, 5) is 0. The molecule has 0 aliphatic rings. The summed E-state index contributed by atoms with van der Waals surface area (Å²) in [5.41, 5.74) is 1.38. The van der Waals surface area contributed by atoms with Gasteiger partial charge >= 0.3 is 0 Å². The van der Waals surface area contributed by atoms with Crippen LogP contribution < -0.4 is 19.5 Å². The lowest BCUT2D eigenvalue weighted by Gasteiger charge is -2.33. The van der Waals surface area contributed by atoms with E-state index in [9.17, 15) is 0 Å². The topological polar surface area (TPSA) is 49.0 Å². The first-order chi connectivity index (χ1) is 13.9. The van der Waals surface area contributed by atoms with Crippen LogP contribution in [0.1, 0.15) is 17.5 Å². The molecule has 158 valence electrons. The van der Waals surface area contributed by atoms with Crippen LogP contribution in [0.3, 0.4) is 0 Å². The van der Waals surface area contributed by atoms with Crippen LogP contribution in [0.15, 0.2) is 43.0 Å². The monoisotopic (exact) mass is 439 g/mol. The van der Waals surface area contributed by atoms with E-state index in [1.165, 1.54) is 0 Å². The Balaban J connectivity index is 2.24. The molecule has 0 amide bonds. The maximum atomic E-state index is 6.24. The quantitative estimate of drug-likeness (QED) is 0.485. The molecule has 1 atom stereocenters. The first-order valence-corrected chi connectivity index (χ1v) is 9.82. The third-order valence-corrected chi connectivity index (χ3v) is 5.52. The Bertz CT molecular complexity index is 819. The molecule has 2 aromatic carbocycles. The molecule has 29 heavy (non-hydrogen) atoms. The lowest BCUT2D eigenvalue weighted by molar-refractivity contribution is 0.0595. The summed E-state index contributed by atoms with van der Waals surface area (Å²) >= 11 is 12.3. The highest BCUT2D eigenvalue weighted by Gasteiger charge is 2.30. The largest absolute Gasteiger partial charge is 0.493 e. The summed E-state index contributed by atoms with van der Waals surface area (Å²) in [6.07, 6.45) is 2.50. The van der Waals surface area contributed by atoms with E-state index in [1.807, 2.05) is 37.4 Å². The zero-order valence-electron chi connectivity index (χ0n) is 17.2. The van der Waals surface area contributed by atoms with Gasteiger partial charge in [0, 0.05) is 0 Å². The molecular weight excluding hydrogens is 413 g/mol. The predicted octanol–water partition coefficient (Wildman–Crippen LogP) is 5.23. The zero-order valence-corrected chi connectivity index (χ0v) is 18.7. The standard InChI is InChI=1S/C22H27Cl2NO4/c1-6-9-22(25-2,16-7-8-17(23)18(24)12-16)14-29-13-15-10-19(26-3)21(28-5)20(11-15)27-4/h6-8,10-12,25H,1,9,13-14H2,2-5H3. The van der Waals surface area contributed by atoms with Crippen molar-refractivity contribution in [2.45, 2.75) is 18.6 Å². The summed E-state index contributed by atoms with van der Waals surface area (Å²) in [5.74, 6) is 1.72. The van der Waals surface area contributed by atoms with Crippen molar-refractivity contribution < 1.29 is 18.9 Å². The van der Waals surface area contributed by atoms with Crippen molar-refractivity contribution in [3.8, 4) is 17.2 Å². The summed E-state index contributed by atoms with van der Waals surface area (Å²) in [5, 5.41) is 4.37. The molecule has 0 fully saturated rings. The van der Waals surface area contributed by atoms with Crippen LogP contribution in [-0.2, 0) is 16.9 Å². The summed E-state index contributed by atoms with van der Waals surface area (Å²) < 4.78 is 22.3. The number of halogens is 2. The SMILES string of the molecule is C=CCC(COCc1cc(OC)c(OC)c(OC)c1)(NC)c1ccc(Cl)c(Cl)c1. The number of ether oxygens (including phenoxy) is 4. The number of likely N-dealkylation sites (N-methyl/N-ethyl adjacent to an activating group) is 1. The first kappa shape index (κ1) is 23.4. The van der Waals surface area contributed by atoms with Gasteiger partial charge in [-0.3, -0.25) is 0 Å². The van der Waals surface area contributed by atoms with Gasteiger partial charge < -0.3 is 24.3 Å². The normalized spacial score (nSPS) is 12.9. The highest BCUT2D eigenvalue weighted by Crippen LogP contribution is 2.38. The molecule has 0 bridgehead atoms. The van der Waals surface area contributed by atoms with Crippen molar-refractivity contribution in [3.05, 3.63) is 64.2 Å². The zero-order chi connectivity index (χ0) is 21.4. The van der Waals surface area contributed by atoms with Gasteiger partial charge in [-0.2, -0.15) is 0 Å². The van der Waals surface area contributed by atoms with Crippen molar-refractivity contribution in [1.82, 2.24) is 5.32 Å². The summed E-state index contributed by atoms with van der Waals surface area (Å²) in [6.45, 7) is 4.64. The van der Waals surface area contributed by atoms with Crippen LogP contribution in [0, 0.1) is 0 Å². The molecule has 2 aromatic rings. The number of benzene rings is 2. The molecule has 0 radical (unpaired) electrons. The number of hydrogen-bond donors (Lipinski definition) is 1. The third-order valence-electron chi connectivity index (χ3n) is 4.79. The van der Waals surface area contributed by atoms with Crippen LogP contribution >= 0.6 is 23.2 Å². The van der Waals surface area contributed by atoms with E-state index in [2.05, 4.69) is 11.9 Å². The van der Waals surface area contributed by atoms with Crippen LogP contribution in [0.25, 0.3) is 0 Å². The minimum atomic E-state index is -0.489. The molecule has 1 N–H and O–H groups in total. The van der Waals surface area contributed by atoms with Gasteiger partial charge in [0.25, 0.3) is 0 Å². The Morgan fingerprint density at radius 2 is 1.66 bits per heavy atom. The van der Waals surface area contributed by atoms with E-state index in [-0.39, 0.29) is 0 Å². The summed E-state index contributed by atoms with van der Waals surface area (Å²) in [7, 11) is 6.63. The molecule has 5 nitrogen and oxygen atoms in total. The van der Waals surface area contributed by atoms with E-state index < -0.39 is 5.54 Å². The number of nitrogens with one attached hydrogen (secondary N) is 1. The average molecular weight is 440 g/mol. The molecule has 0 saturated carbocycles. The van der Waals surface area contributed by atoms with Crippen molar-refractivity contribution in [2.24, 2.45) is 0 Å². The van der Waals surface area contributed by atoms with E-state index in [0.29, 0.717) is 46.9 Å². The van der Waals surface area contributed by atoms with Gasteiger partial charge in [0.05, 0.1) is 50.1 Å². The number of methoxy groups -OCH3 is 3. The Morgan fingerprint density at radius 1 is 1.00 bits per heavy atom. The fraction of sp³-hybridized carbons (Fsp3) is 0.364.